The molecule has 0 saturated carbocycles. The maximum Gasteiger partial charge on any atom is 0.321 e. The minimum atomic E-state index is -0.0848. The van der Waals surface area contributed by atoms with Gasteiger partial charge in [0.25, 0.3) is 0 Å². The van der Waals surface area contributed by atoms with E-state index < -0.39 is 0 Å². The molecule has 16 heavy (non-hydrogen) atoms. The average Bonchev–Trinajstić information content (AvgIpc) is 2.28. The van der Waals surface area contributed by atoms with Gasteiger partial charge in [0.1, 0.15) is 0 Å². The Hall–Kier alpha value is -1.71. The van der Waals surface area contributed by atoms with Crippen molar-refractivity contribution in [2.24, 2.45) is 0 Å². The summed E-state index contributed by atoms with van der Waals surface area (Å²) in [5, 5.41) is 2.85. The lowest BCUT2D eigenvalue weighted by Gasteiger charge is -2.17. The second-order valence-electron chi connectivity index (χ2n) is 3.89. The fraction of sp³-hybridized carbons (Fsp3) is 0.417. The van der Waals surface area contributed by atoms with Crippen molar-refractivity contribution in [2.45, 2.75) is 6.92 Å². The molecule has 0 atom stereocenters. The first kappa shape index (κ1) is 12.4. The summed E-state index contributed by atoms with van der Waals surface area (Å²) in [4.78, 5) is 15.3. The third-order valence-electron chi connectivity index (χ3n) is 2.43. The summed E-state index contributed by atoms with van der Waals surface area (Å²) >= 11 is 0. The highest BCUT2D eigenvalue weighted by molar-refractivity contribution is 5.89. The van der Waals surface area contributed by atoms with Gasteiger partial charge in [-0.3, -0.25) is 0 Å². The SMILES string of the molecule is CCN(C)C(=O)Nc1cccc(N(C)C)c1. The average molecular weight is 221 g/mol. The van der Waals surface area contributed by atoms with Crippen molar-refractivity contribution in [3.05, 3.63) is 24.3 Å². The van der Waals surface area contributed by atoms with Crippen LogP contribution < -0.4 is 10.2 Å². The molecule has 0 radical (unpaired) electrons. The molecule has 4 heteroatoms. The zero-order valence-electron chi connectivity index (χ0n) is 10.3. The van der Waals surface area contributed by atoms with Crippen LogP contribution in [0.3, 0.4) is 0 Å². The van der Waals surface area contributed by atoms with E-state index in [2.05, 4.69) is 5.32 Å². The Labute approximate surface area is 96.9 Å². The molecule has 4 nitrogen and oxygen atoms in total. The van der Waals surface area contributed by atoms with E-state index in [0.29, 0.717) is 6.54 Å². The topological polar surface area (TPSA) is 35.6 Å². The molecule has 0 unspecified atom stereocenters. The third-order valence-corrected chi connectivity index (χ3v) is 2.43. The molecule has 1 aromatic carbocycles. The van der Waals surface area contributed by atoms with Crippen molar-refractivity contribution in [3.8, 4) is 0 Å². The summed E-state index contributed by atoms with van der Waals surface area (Å²) in [6.45, 7) is 2.63. The highest BCUT2D eigenvalue weighted by Gasteiger charge is 2.06. The van der Waals surface area contributed by atoms with Gasteiger partial charge in [-0.25, -0.2) is 4.79 Å². The minimum absolute atomic E-state index is 0.0848. The van der Waals surface area contributed by atoms with Crippen molar-refractivity contribution < 1.29 is 4.79 Å². The Balaban J connectivity index is 2.74. The summed E-state index contributed by atoms with van der Waals surface area (Å²) in [6.07, 6.45) is 0. The van der Waals surface area contributed by atoms with Crippen LogP contribution in [0.2, 0.25) is 0 Å². The maximum atomic E-state index is 11.6. The van der Waals surface area contributed by atoms with Gasteiger partial charge in [0.05, 0.1) is 0 Å². The number of carbonyl (C=O) groups is 1. The minimum Gasteiger partial charge on any atom is -0.378 e. The number of anilines is 2. The number of carbonyl (C=O) groups excluding carboxylic acids is 1. The first-order chi connectivity index (χ1) is 7.54. The molecule has 0 fully saturated rings. The Morgan fingerprint density at radius 1 is 1.31 bits per heavy atom. The van der Waals surface area contributed by atoms with Crippen LogP contribution in [0.1, 0.15) is 6.92 Å². The van der Waals surface area contributed by atoms with Gasteiger partial charge >= 0.3 is 6.03 Å². The molecule has 0 aliphatic heterocycles. The van der Waals surface area contributed by atoms with Crippen molar-refractivity contribution in [3.63, 3.8) is 0 Å². The lowest BCUT2D eigenvalue weighted by atomic mass is 10.2. The zero-order valence-corrected chi connectivity index (χ0v) is 10.3. The summed E-state index contributed by atoms with van der Waals surface area (Å²) in [7, 11) is 5.71. The molecule has 1 N–H and O–H groups in total. The number of benzene rings is 1. The molecule has 0 aliphatic rings. The first-order valence-corrected chi connectivity index (χ1v) is 5.34. The highest BCUT2D eigenvalue weighted by Crippen LogP contribution is 2.17. The quantitative estimate of drug-likeness (QED) is 0.849. The van der Waals surface area contributed by atoms with Gasteiger partial charge < -0.3 is 15.1 Å². The van der Waals surface area contributed by atoms with Crippen molar-refractivity contribution >= 4 is 17.4 Å². The van der Waals surface area contributed by atoms with E-state index in [4.69, 9.17) is 0 Å². The Kier molecular flexibility index (Phi) is 4.17. The molecule has 0 aliphatic carbocycles. The second-order valence-corrected chi connectivity index (χ2v) is 3.89. The van der Waals surface area contributed by atoms with Gasteiger partial charge in [0.15, 0.2) is 0 Å². The molecule has 88 valence electrons. The van der Waals surface area contributed by atoms with Crippen LogP contribution in [0, 0.1) is 0 Å². The van der Waals surface area contributed by atoms with Gasteiger partial charge in [0.2, 0.25) is 0 Å². The Morgan fingerprint density at radius 3 is 2.56 bits per heavy atom. The molecule has 1 aromatic rings. The van der Waals surface area contributed by atoms with Crippen LogP contribution in [-0.2, 0) is 0 Å². The van der Waals surface area contributed by atoms with E-state index in [1.165, 1.54) is 0 Å². The number of rotatable bonds is 3. The molecular weight excluding hydrogens is 202 g/mol. The van der Waals surface area contributed by atoms with Gasteiger partial charge in [-0.1, -0.05) is 6.07 Å². The van der Waals surface area contributed by atoms with Crippen LogP contribution in [0.15, 0.2) is 24.3 Å². The zero-order chi connectivity index (χ0) is 12.1. The molecule has 1 rings (SSSR count). The number of urea groups is 1. The summed E-state index contributed by atoms with van der Waals surface area (Å²) in [6, 6.07) is 7.67. The molecule has 0 saturated heterocycles. The fourth-order valence-corrected chi connectivity index (χ4v) is 1.22. The summed E-state index contributed by atoms with van der Waals surface area (Å²) in [5.41, 5.74) is 1.88. The smallest absolute Gasteiger partial charge is 0.321 e. The molecule has 0 heterocycles. The van der Waals surface area contributed by atoms with E-state index in [1.54, 1.807) is 11.9 Å². The first-order valence-electron chi connectivity index (χ1n) is 5.34. The predicted octanol–water partition coefficient (Wildman–Crippen LogP) is 2.24. The number of hydrogen-bond acceptors (Lipinski definition) is 2. The summed E-state index contributed by atoms with van der Waals surface area (Å²) in [5.74, 6) is 0. The summed E-state index contributed by atoms with van der Waals surface area (Å²) < 4.78 is 0. The third kappa shape index (κ3) is 3.15. The monoisotopic (exact) mass is 221 g/mol. The van der Waals surface area contributed by atoms with Crippen LogP contribution in [-0.4, -0.2) is 38.6 Å². The Bertz CT molecular complexity index is 363. The van der Waals surface area contributed by atoms with Gasteiger partial charge in [-0.2, -0.15) is 0 Å². The lowest BCUT2D eigenvalue weighted by Crippen LogP contribution is -2.30. The van der Waals surface area contributed by atoms with E-state index in [0.717, 1.165) is 11.4 Å². The molecular formula is C12H19N3O. The van der Waals surface area contributed by atoms with Crippen molar-refractivity contribution in [2.75, 3.05) is 37.9 Å². The lowest BCUT2D eigenvalue weighted by molar-refractivity contribution is 0.224. The van der Waals surface area contributed by atoms with E-state index in [1.807, 2.05) is 50.2 Å². The van der Waals surface area contributed by atoms with E-state index in [-0.39, 0.29) is 6.03 Å². The molecule has 0 bridgehead atoms. The largest absolute Gasteiger partial charge is 0.378 e. The van der Waals surface area contributed by atoms with Crippen LogP contribution in [0.5, 0.6) is 0 Å². The van der Waals surface area contributed by atoms with Crippen LogP contribution >= 0.6 is 0 Å². The van der Waals surface area contributed by atoms with Crippen molar-refractivity contribution in [1.29, 1.82) is 0 Å². The fourth-order valence-electron chi connectivity index (χ4n) is 1.22. The standard InChI is InChI=1S/C12H19N3O/c1-5-15(4)12(16)13-10-7-6-8-11(9-10)14(2)3/h6-9H,5H2,1-4H3,(H,13,16). The predicted molar refractivity (Wildman–Crippen MR) is 68.1 cm³/mol. The number of amides is 2. The van der Waals surface area contributed by atoms with Gasteiger partial charge in [-0.05, 0) is 25.1 Å². The van der Waals surface area contributed by atoms with Crippen LogP contribution in [0.25, 0.3) is 0 Å². The molecule has 0 aromatic heterocycles. The molecule has 2 amide bonds. The van der Waals surface area contributed by atoms with Gasteiger partial charge in [-0.15, -0.1) is 0 Å². The normalized spacial score (nSPS) is 9.75. The van der Waals surface area contributed by atoms with Gasteiger partial charge in [0, 0.05) is 39.1 Å². The highest BCUT2D eigenvalue weighted by atomic mass is 16.2. The Morgan fingerprint density at radius 2 is 2.00 bits per heavy atom. The number of nitrogens with zero attached hydrogens (tertiary/aromatic N) is 2. The maximum absolute atomic E-state index is 11.6. The van der Waals surface area contributed by atoms with E-state index in [9.17, 15) is 4.79 Å². The number of nitrogens with one attached hydrogen (secondary N) is 1. The van der Waals surface area contributed by atoms with Crippen molar-refractivity contribution in [1.82, 2.24) is 4.90 Å². The van der Waals surface area contributed by atoms with Crippen LogP contribution in [0.4, 0.5) is 16.2 Å². The molecule has 0 spiro atoms. The van der Waals surface area contributed by atoms with E-state index >= 15 is 0 Å². The second kappa shape index (κ2) is 5.39. The number of hydrogen-bond donors (Lipinski definition) is 1.